The molecule has 0 amide bonds. The van der Waals surface area contributed by atoms with Crippen LogP contribution in [-0.4, -0.2) is 0 Å². The Morgan fingerprint density at radius 3 is 1.22 bits per heavy atom. The van der Waals surface area contributed by atoms with Crippen molar-refractivity contribution in [1.29, 1.82) is 10.5 Å². The van der Waals surface area contributed by atoms with Crippen molar-refractivity contribution in [2.45, 2.75) is 0 Å². The number of hydrogen-bond acceptors (Lipinski definition) is 4. The van der Waals surface area contributed by atoms with Crippen LogP contribution in [0.15, 0.2) is 179 Å². The van der Waals surface area contributed by atoms with Crippen molar-refractivity contribution >= 4 is 43.9 Å². The van der Waals surface area contributed by atoms with Crippen molar-refractivity contribution in [2.75, 3.05) is 0 Å². The van der Waals surface area contributed by atoms with Gasteiger partial charge in [0.2, 0.25) is 0 Å². The standard InChI is InChI=1S/C50H28N2O2/c51-29-31-22-37(27-39(24-31)41-12-6-14-45-43-10-1-3-16-47(43)53-49(41)45)34-20-18-33(19-21-34)35-8-5-9-36(26-35)38-23-32(30-52)25-40(28-38)42-13-7-15-46-44-11-2-4-17-48(44)54-50(42)46/h1-28H. The molecule has 0 fully saturated rings. The van der Waals surface area contributed by atoms with Gasteiger partial charge in [0.1, 0.15) is 22.3 Å². The molecule has 0 atom stereocenters. The van der Waals surface area contributed by atoms with Gasteiger partial charge in [-0.1, -0.05) is 115 Å². The highest BCUT2D eigenvalue weighted by atomic mass is 16.3. The zero-order valence-corrected chi connectivity index (χ0v) is 28.9. The lowest BCUT2D eigenvalue weighted by atomic mass is 9.92. The van der Waals surface area contributed by atoms with Gasteiger partial charge < -0.3 is 8.83 Å². The Kier molecular flexibility index (Phi) is 7.22. The van der Waals surface area contributed by atoms with Crippen molar-refractivity contribution in [3.63, 3.8) is 0 Å². The fourth-order valence-corrected chi connectivity index (χ4v) is 7.71. The van der Waals surface area contributed by atoms with E-state index in [0.29, 0.717) is 11.1 Å². The van der Waals surface area contributed by atoms with Gasteiger partial charge in [-0.05, 0) is 99.1 Å². The largest absolute Gasteiger partial charge is 0.455 e. The van der Waals surface area contributed by atoms with Gasteiger partial charge in [-0.25, -0.2) is 0 Å². The van der Waals surface area contributed by atoms with Gasteiger partial charge in [0.15, 0.2) is 0 Å². The molecule has 4 nitrogen and oxygen atoms in total. The average Bonchev–Trinajstić information content (AvgIpc) is 3.82. The van der Waals surface area contributed by atoms with E-state index < -0.39 is 0 Å². The normalized spacial score (nSPS) is 11.3. The molecule has 8 aromatic carbocycles. The molecule has 0 saturated heterocycles. The fraction of sp³-hybridized carbons (Fsp3) is 0. The molecule has 10 aromatic rings. The number of para-hydroxylation sites is 4. The lowest BCUT2D eigenvalue weighted by Gasteiger charge is -2.11. The van der Waals surface area contributed by atoms with E-state index in [1.54, 1.807) is 0 Å². The minimum Gasteiger partial charge on any atom is -0.455 e. The summed E-state index contributed by atoms with van der Waals surface area (Å²) in [6, 6.07) is 62.0. The SMILES string of the molecule is N#Cc1cc(-c2ccc(-c3cccc(-c4cc(C#N)cc(-c5cccc6c5oc5ccccc56)c4)c3)cc2)cc(-c2cccc3c2oc2ccccc23)c1. The van der Waals surface area contributed by atoms with Gasteiger partial charge >= 0.3 is 0 Å². The summed E-state index contributed by atoms with van der Waals surface area (Å²) in [6.07, 6.45) is 0. The molecule has 0 unspecified atom stereocenters. The second-order valence-corrected chi connectivity index (χ2v) is 13.5. The van der Waals surface area contributed by atoms with Crippen LogP contribution in [0.2, 0.25) is 0 Å². The number of nitriles is 2. The molecule has 0 saturated carbocycles. The molecule has 0 N–H and O–H groups in total. The van der Waals surface area contributed by atoms with Crippen molar-refractivity contribution in [2.24, 2.45) is 0 Å². The number of furan rings is 2. The Morgan fingerprint density at radius 1 is 0.315 bits per heavy atom. The van der Waals surface area contributed by atoms with E-state index in [4.69, 9.17) is 8.83 Å². The molecule has 250 valence electrons. The summed E-state index contributed by atoms with van der Waals surface area (Å²) >= 11 is 0. The molecular formula is C50H28N2O2. The molecule has 0 aliphatic rings. The molecule has 0 radical (unpaired) electrons. The van der Waals surface area contributed by atoms with Crippen LogP contribution in [-0.2, 0) is 0 Å². The summed E-state index contributed by atoms with van der Waals surface area (Å²) in [7, 11) is 0. The molecule has 54 heavy (non-hydrogen) atoms. The highest BCUT2D eigenvalue weighted by molar-refractivity contribution is 6.10. The topological polar surface area (TPSA) is 73.9 Å². The van der Waals surface area contributed by atoms with Gasteiger partial charge in [-0.3, -0.25) is 0 Å². The average molecular weight is 689 g/mol. The first-order chi connectivity index (χ1) is 26.6. The van der Waals surface area contributed by atoms with E-state index in [-0.39, 0.29) is 0 Å². The molecule has 2 heterocycles. The highest BCUT2D eigenvalue weighted by Gasteiger charge is 2.16. The third-order valence-electron chi connectivity index (χ3n) is 10.3. The van der Waals surface area contributed by atoms with Crippen LogP contribution in [0.3, 0.4) is 0 Å². The summed E-state index contributed by atoms with van der Waals surface area (Å²) in [5.74, 6) is 0. The van der Waals surface area contributed by atoms with Crippen LogP contribution in [0.4, 0.5) is 0 Å². The molecule has 4 heteroatoms. The van der Waals surface area contributed by atoms with Gasteiger partial charge in [-0.2, -0.15) is 10.5 Å². The first-order valence-corrected chi connectivity index (χ1v) is 17.8. The lowest BCUT2D eigenvalue weighted by Crippen LogP contribution is -1.88. The van der Waals surface area contributed by atoms with Crippen LogP contribution >= 0.6 is 0 Å². The second-order valence-electron chi connectivity index (χ2n) is 13.5. The third-order valence-corrected chi connectivity index (χ3v) is 10.3. The summed E-state index contributed by atoms with van der Waals surface area (Å²) in [5, 5.41) is 24.3. The first kappa shape index (κ1) is 31.1. The van der Waals surface area contributed by atoms with Crippen molar-refractivity contribution in [3.8, 4) is 67.8 Å². The summed E-state index contributed by atoms with van der Waals surface area (Å²) in [5.41, 5.74) is 14.3. The molecule has 10 rings (SSSR count). The van der Waals surface area contributed by atoms with Gasteiger partial charge in [0, 0.05) is 32.7 Å². The number of fused-ring (bicyclic) bond motifs is 6. The maximum atomic E-state index is 10.1. The van der Waals surface area contributed by atoms with Gasteiger partial charge in [0.25, 0.3) is 0 Å². The minimum atomic E-state index is 0.584. The molecular weight excluding hydrogens is 661 g/mol. The smallest absolute Gasteiger partial charge is 0.143 e. The molecule has 0 aliphatic carbocycles. The second kappa shape index (κ2) is 12.5. The van der Waals surface area contributed by atoms with E-state index in [1.165, 1.54) is 0 Å². The van der Waals surface area contributed by atoms with E-state index in [9.17, 15) is 10.5 Å². The Balaban J connectivity index is 1.00. The van der Waals surface area contributed by atoms with E-state index in [0.717, 1.165) is 99.5 Å². The first-order valence-electron chi connectivity index (χ1n) is 17.8. The van der Waals surface area contributed by atoms with Crippen molar-refractivity contribution < 1.29 is 8.83 Å². The van der Waals surface area contributed by atoms with Crippen LogP contribution in [0.5, 0.6) is 0 Å². The maximum absolute atomic E-state index is 10.1. The third kappa shape index (κ3) is 5.22. The number of nitrogens with zero attached hydrogens (tertiary/aromatic N) is 2. The van der Waals surface area contributed by atoms with Crippen LogP contribution in [0.1, 0.15) is 11.1 Å². The number of rotatable bonds is 5. The molecule has 0 aliphatic heterocycles. The monoisotopic (exact) mass is 688 g/mol. The van der Waals surface area contributed by atoms with Crippen molar-refractivity contribution in [3.05, 3.63) is 181 Å². The van der Waals surface area contributed by atoms with E-state index in [2.05, 4.69) is 109 Å². The Labute approximate surface area is 311 Å². The summed E-state index contributed by atoms with van der Waals surface area (Å²) < 4.78 is 12.7. The number of hydrogen-bond donors (Lipinski definition) is 0. The lowest BCUT2D eigenvalue weighted by molar-refractivity contribution is 0.669. The predicted octanol–water partition coefficient (Wildman–Crippen LogP) is 13.6. The predicted molar refractivity (Wildman–Crippen MR) is 218 cm³/mol. The highest BCUT2D eigenvalue weighted by Crippen LogP contribution is 2.40. The van der Waals surface area contributed by atoms with Crippen LogP contribution in [0, 0.1) is 22.7 Å². The maximum Gasteiger partial charge on any atom is 0.143 e. The quantitative estimate of drug-likeness (QED) is 0.180. The Morgan fingerprint density at radius 2 is 0.704 bits per heavy atom. The zero-order chi connectivity index (χ0) is 36.2. The Hall–Kier alpha value is -7.66. The summed E-state index contributed by atoms with van der Waals surface area (Å²) in [6.45, 7) is 0. The van der Waals surface area contributed by atoms with Gasteiger partial charge in [0.05, 0.1) is 23.3 Å². The van der Waals surface area contributed by atoms with Gasteiger partial charge in [-0.15, -0.1) is 0 Å². The molecule has 0 spiro atoms. The Bertz CT molecular complexity index is 3190. The number of benzene rings is 8. The van der Waals surface area contributed by atoms with E-state index >= 15 is 0 Å². The molecule has 0 bridgehead atoms. The van der Waals surface area contributed by atoms with Crippen LogP contribution < -0.4 is 0 Å². The summed E-state index contributed by atoms with van der Waals surface area (Å²) in [4.78, 5) is 0. The van der Waals surface area contributed by atoms with Crippen molar-refractivity contribution in [1.82, 2.24) is 0 Å². The fourth-order valence-electron chi connectivity index (χ4n) is 7.71. The minimum absolute atomic E-state index is 0.584. The van der Waals surface area contributed by atoms with E-state index in [1.807, 2.05) is 72.8 Å². The molecule has 2 aromatic heterocycles. The van der Waals surface area contributed by atoms with Crippen LogP contribution in [0.25, 0.3) is 99.5 Å². The zero-order valence-electron chi connectivity index (χ0n) is 28.9.